The molecule has 0 unspecified atom stereocenters. The van der Waals surface area contributed by atoms with Crippen molar-refractivity contribution in [3.8, 4) is 0 Å². The summed E-state index contributed by atoms with van der Waals surface area (Å²) in [6, 6.07) is 0. The summed E-state index contributed by atoms with van der Waals surface area (Å²) in [7, 11) is 1.63. The van der Waals surface area contributed by atoms with Gasteiger partial charge in [0.2, 0.25) is 0 Å². The van der Waals surface area contributed by atoms with Gasteiger partial charge >= 0.3 is 0 Å². The number of ether oxygens (including phenoxy) is 1. The highest BCUT2D eigenvalue weighted by Gasteiger charge is 2.16. The number of aromatic nitrogens is 2. The average Bonchev–Trinajstić information content (AvgIpc) is 2.35. The molecule has 0 radical (unpaired) electrons. The molecule has 0 aliphatic rings. The second-order valence-corrected chi connectivity index (χ2v) is 3.40. The number of H-pyrrole nitrogens is 1. The van der Waals surface area contributed by atoms with E-state index in [2.05, 4.69) is 9.97 Å². The highest BCUT2D eigenvalue weighted by molar-refractivity contribution is 5.10. The number of nitrogens with zero attached hydrogens (tertiary/aromatic N) is 1. The Morgan fingerprint density at radius 2 is 2.33 bits per heavy atom. The van der Waals surface area contributed by atoms with E-state index >= 15 is 0 Å². The maximum absolute atomic E-state index is 5.85. The molecule has 68 valence electrons. The number of aromatic amines is 1. The fourth-order valence-electron chi connectivity index (χ4n) is 0.900. The Morgan fingerprint density at radius 3 is 2.75 bits per heavy atom. The van der Waals surface area contributed by atoms with Crippen molar-refractivity contribution >= 4 is 0 Å². The van der Waals surface area contributed by atoms with Gasteiger partial charge in [0.15, 0.2) is 0 Å². The van der Waals surface area contributed by atoms with Crippen LogP contribution in [0.15, 0.2) is 6.20 Å². The van der Waals surface area contributed by atoms with E-state index in [4.69, 9.17) is 10.5 Å². The van der Waals surface area contributed by atoms with Crippen LogP contribution in [0, 0.1) is 0 Å². The standard InChI is InChI=1S/C8H15N3O/c1-8(2,9)6-4-10-7(11-6)5-12-3/h4H,5,9H2,1-3H3,(H,10,11). The first-order chi connectivity index (χ1) is 5.54. The summed E-state index contributed by atoms with van der Waals surface area (Å²) in [4.78, 5) is 7.20. The van der Waals surface area contributed by atoms with Crippen LogP contribution in [-0.4, -0.2) is 17.1 Å². The molecule has 0 saturated carbocycles. The third-order valence-corrected chi connectivity index (χ3v) is 1.60. The number of rotatable bonds is 3. The minimum Gasteiger partial charge on any atom is -0.377 e. The average molecular weight is 169 g/mol. The van der Waals surface area contributed by atoms with E-state index in [1.54, 1.807) is 13.3 Å². The van der Waals surface area contributed by atoms with Crippen molar-refractivity contribution in [1.29, 1.82) is 0 Å². The second kappa shape index (κ2) is 3.25. The molecule has 0 amide bonds. The predicted molar refractivity (Wildman–Crippen MR) is 46.5 cm³/mol. The first-order valence-corrected chi connectivity index (χ1v) is 3.86. The van der Waals surface area contributed by atoms with Gasteiger partial charge in [-0.05, 0) is 13.8 Å². The number of nitrogens with one attached hydrogen (secondary N) is 1. The van der Waals surface area contributed by atoms with Crippen LogP contribution in [0.2, 0.25) is 0 Å². The van der Waals surface area contributed by atoms with Gasteiger partial charge in [-0.15, -0.1) is 0 Å². The Morgan fingerprint density at radius 1 is 1.67 bits per heavy atom. The van der Waals surface area contributed by atoms with E-state index in [-0.39, 0.29) is 5.54 Å². The molecule has 12 heavy (non-hydrogen) atoms. The van der Waals surface area contributed by atoms with Crippen LogP contribution < -0.4 is 5.73 Å². The molecule has 0 bridgehead atoms. The molecule has 1 rings (SSSR count). The number of hydrogen-bond donors (Lipinski definition) is 2. The van der Waals surface area contributed by atoms with E-state index in [1.807, 2.05) is 13.8 Å². The number of methoxy groups -OCH3 is 1. The molecule has 0 fully saturated rings. The zero-order valence-corrected chi connectivity index (χ0v) is 7.72. The van der Waals surface area contributed by atoms with Crippen molar-refractivity contribution in [2.24, 2.45) is 5.73 Å². The van der Waals surface area contributed by atoms with Crippen molar-refractivity contribution in [3.63, 3.8) is 0 Å². The van der Waals surface area contributed by atoms with Gasteiger partial charge in [0.25, 0.3) is 0 Å². The van der Waals surface area contributed by atoms with Crippen LogP contribution in [0.1, 0.15) is 25.4 Å². The lowest BCUT2D eigenvalue weighted by atomic mass is 10.0. The van der Waals surface area contributed by atoms with E-state index in [9.17, 15) is 0 Å². The van der Waals surface area contributed by atoms with Crippen molar-refractivity contribution in [2.75, 3.05) is 7.11 Å². The maximum Gasteiger partial charge on any atom is 0.132 e. The number of imidazole rings is 1. The van der Waals surface area contributed by atoms with Gasteiger partial charge in [0.1, 0.15) is 12.4 Å². The van der Waals surface area contributed by atoms with Crippen molar-refractivity contribution < 1.29 is 4.74 Å². The summed E-state index contributed by atoms with van der Waals surface area (Å²) in [6.45, 7) is 4.35. The summed E-state index contributed by atoms with van der Waals surface area (Å²) in [6.07, 6.45) is 1.74. The summed E-state index contributed by atoms with van der Waals surface area (Å²) in [5, 5.41) is 0. The molecule has 4 nitrogen and oxygen atoms in total. The zero-order chi connectivity index (χ0) is 9.19. The van der Waals surface area contributed by atoms with E-state index < -0.39 is 0 Å². The molecule has 3 N–H and O–H groups in total. The minimum atomic E-state index is -0.362. The lowest BCUT2D eigenvalue weighted by molar-refractivity contribution is 0.178. The van der Waals surface area contributed by atoms with Crippen LogP contribution >= 0.6 is 0 Å². The molecule has 0 atom stereocenters. The highest BCUT2D eigenvalue weighted by atomic mass is 16.5. The van der Waals surface area contributed by atoms with Crippen LogP contribution in [0.3, 0.4) is 0 Å². The quantitative estimate of drug-likeness (QED) is 0.701. The summed E-state index contributed by atoms with van der Waals surface area (Å²) >= 11 is 0. The molecule has 0 spiro atoms. The molecule has 1 heterocycles. The van der Waals surface area contributed by atoms with Gasteiger partial charge < -0.3 is 15.5 Å². The topological polar surface area (TPSA) is 63.9 Å². The Bertz CT molecular complexity index is 249. The molecule has 4 heteroatoms. The van der Waals surface area contributed by atoms with Crippen molar-refractivity contribution in [1.82, 2.24) is 9.97 Å². The number of nitrogens with two attached hydrogens (primary N) is 1. The molecule has 0 aliphatic heterocycles. The third-order valence-electron chi connectivity index (χ3n) is 1.60. The Hall–Kier alpha value is -0.870. The lowest BCUT2D eigenvalue weighted by Crippen LogP contribution is -2.29. The van der Waals surface area contributed by atoms with Gasteiger partial charge in [-0.1, -0.05) is 0 Å². The van der Waals surface area contributed by atoms with Gasteiger partial charge in [0, 0.05) is 7.11 Å². The fraction of sp³-hybridized carbons (Fsp3) is 0.625. The first kappa shape index (κ1) is 9.22. The first-order valence-electron chi connectivity index (χ1n) is 3.86. The van der Waals surface area contributed by atoms with Crippen molar-refractivity contribution in [2.45, 2.75) is 26.0 Å². The predicted octanol–water partition coefficient (Wildman–Crippen LogP) is 0.750. The van der Waals surface area contributed by atoms with E-state index in [1.165, 1.54) is 0 Å². The molecule has 1 aromatic heterocycles. The van der Waals surface area contributed by atoms with Gasteiger partial charge in [-0.2, -0.15) is 0 Å². The van der Waals surface area contributed by atoms with Crippen molar-refractivity contribution in [3.05, 3.63) is 17.7 Å². The van der Waals surface area contributed by atoms with Crippen LogP contribution in [-0.2, 0) is 16.9 Å². The minimum absolute atomic E-state index is 0.362. The zero-order valence-electron chi connectivity index (χ0n) is 7.72. The summed E-state index contributed by atoms with van der Waals surface area (Å²) < 4.78 is 4.92. The Labute approximate surface area is 72.1 Å². The largest absolute Gasteiger partial charge is 0.377 e. The molecular weight excluding hydrogens is 154 g/mol. The fourth-order valence-corrected chi connectivity index (χ4v) is 0.900. The molecular formula is C8H15N3O. The van der Waals surface area contributed by atoms with Gasteiger partial charge in [-0.3, -0.25) is 0 Å². The monoisotopic (exact) mass is 169 g/mol. The highest BCUT2D eigenvalue weighted by Crippen LogP contribution is 2.13. The molecule has 1 aromatic rings. The molecule has 0 saturated heterocycles. The smallest absolute Gasteiger partial charge is 0.132 e. The Balaban J connectivity index is 2.77. The van der Waals surface area contributed by atoms with Crippen LogP contribution in [0.5, 0.6) is 0 Å². The van der Waals surface area contributed by atoms with Crippen LogP contribution in [0.4, 0.5) is 0 Å². The molecule has 0 aliphatic carbocycles. The normalized spacial score (nSPS) is 12.0. The summed E-state index contributed by atoms with van der Waals surface area (Å²) in [5.74, 6) is 0.811. The second-order valence-electron chi connectivity index (χ2n) is 3.40. The SMILES string of the molecule is COCc1ncc(C(C)(C)N)[nH]1. The lowest BCUT2D eigenvalue weighted by Gasteiger charge is -2.15. The molecule has 0 aromatic carbocycles. The van der Waals surface area contributed by atoms with Gasteiger partial charge in [-0.25, -0.2) is 4.98 Å². The van der Waals surface area contributed by atoms with Crippen LogP contribution in [0.25, 0.3) is 0 Å². The van der Waals surface area contributed by atoms with E-state index in [0.717, 1.165) is 11.5 Å². The maximum atomic E-state index is 5.85. The van der Waals surface area contributed by atoms with Gasteiger partial charge in [0.05, 0.1) is 17.4 Å². The summed E-state index contributed by atoms with van der Waals surface area (Å²) in [5.41, 5.74) is 6.42. The van der Waals surface area contributed by atoms with E-state index in [0.29, 0.717) is 6.61 Å². The Kier molecular flexibility index (Phi) is 2.49. The number of hydrogen-bond acceptors (Lipinski definition) is 3. The third kappa shape index (κ3) is 2.06.